The van der Waals surface area contributed by atoms with Gasteiger partial charge in [-0.05, 0) is 41.3 Å². The van der Waals surface area contributed by atoms with Gasteiger partial charge in [-0.15, -0.1) is 0 Å². The molecule has 0 spiro atoms. The van der Waals surface area contributed by atoms with Crippen LogP contribution in [0.15, 0.2) is 16.6 Å². The lowest BCUT2D eigenvalue weighted by molar-refractivity contribution is 0.251. The molecule has 1 fully saturated rings. The lowest BCUT2D eigenvalue weighted by Crippen LogP contribution is -2.64. The van der Waals surface area contributed by atoms with Crippen LogP contribution in [0.5, 0.6) is 0 Å². The Morgan fingerprint density at radius 1 is 1.38 bits per heavy atom. The molecule has 0 saturated carbocycles. The van der Waals surface area contributed by atoms with Crippen LogP contribution in [0.3, 0.4) is 0 Å². The van der Waals surface area contributed by atoms with E-state index in [1.807, 2.05) is 4.90 Å². The van der Waals surface area contributed by atoms with E-state index in [9.17, 15) is 8.78 Å². The predicted octanol–water partition coefficient (Wildman–Crippen LogP) is 4.33. The lowest BCUT2D eigenvalue weighted by atomic mass is 9.89. The van der Waals surface area contributed by atoms with Crippen molar-refractivity contribution in [1.29, 1.82) is 0 Å². The summed E-state index contributed by atoms with van der Waals surface area (Å²) in [6.45, 7) is 9.91. The van der Waals surface area contributed by atoms with Crippen LogP contribution in [-0.2, 0) is 0 Å². The molecule has 1 aromatic rings. The van der Waals surface area contributed by atoms with Gasteiger partial charge in [-0.2, -0.15) is 0 Å². The number of nitrogens with one attached hydrogen (secondary N) is 1. The van der Waals surface area contributed by atoms with Crippen LogP contribution in [0.25, 0.3) is 0 Å². The van der Waals surface area contributed by atoms with Crippen molar-refractivity contribution in [2.75, 3.05) is 18.0 Å². The molecule has 2 rings (SSSR count). The Bertz CT molecular complexity index is 521. The number of rotatable bonds is 3. The fourth-order valence-corrected chi connectivity index (χ4v) is 3.15. The molecule has 1 N–H and O–H groups in total. The first-order valence-corrected chi connectivity index (χ1v) is 8.23. The predicted molar refractivity (Wildman–Crippen MR) is 86.7 cm³/mol. The van der Waals surface area contributed by atoms with Gasteiger partial charge < -0.3 is 10.2 Å². The SMILES string of the molecule is CCC1(C)CN(c2cc(F)c(Br)cc2F)C(C(C)C)CN1. The number of anilines is 1. The van der Waals surface area contributed by atoms with Crippen molar-refractivity contribution in [2.45, 2.75) is 45.7 Å². The van der Waals surface area contributed by atoms with Crippen LogP contribution in [0.1, 0.15) is 34.1 Å². The number of halogens is 3. The Morgan fingerprint density at radius 3 is 2.62 bits per heavy atom. The molecule has 0 bridgehead atoms. The minimum absolute atomic E-state index is 0.0820. The molecule has 2 unspecified atom stereocenters. The van der Waals surface area contributed by atoms with E-state index in [1.165, 1.54) is 12.1 Å². The van der Waals surface area contributed by atoms with Gasteiger partial charge in [-0.3, -0.25) is 0 Å². The third kappa shape index (κ3) is 3.39. The molecule has 0 aliphatic carbocycles. The van der Waals surface area contributed by atoms with Gasteiger partial charge in [0.1, 0.15) is 11.6 Å². The zero-order chi connectivity index (χ0) is 15.8. The van der Waals surface area contributed by atoms with E-state index >= 15 is 0 Å². The quantitative estimate of drug-likeness (QED) is 0.807. The Balaban J connectivity index is 2.43. The maximum atomic E-state index is 14.3. The molecule has 0 radical (unpaired) electrons. The second-order valence-corrected chi connectivity index (χ2v) is 7.31. The van der Waals surface area contributed by atoms with Crippen molar-refractivity contribution >= 4 is 21.6 Å². The summed E-state index contributed by atoms with van der Waals surface area (Å²) in [7, 11) is 0. The smallest absolute Gasteiger partial charge is 0.147 e. The molecule has 1 aliphatic rings. The summed E-state index contributed by atoms with van der Waals surface area (Å²) < 4.78 is 28.4. The van der Waals surface area contributed by atoms with E-state index in [-0.39, 0.29) is 21.9 Å². The number of piperazine rings is 1. The molecular formula is C16H23BrF2N2. The van der Waals surface area contributed by atoms with Crippen molar-refractivity contribution in [3.8, 4) is 0 Å². The molecule has 0 amide bonds. The highest BCUT2D eigenvalue weighted by atomic mass is 79.9. The van der Waals surface area contributed by atoms with Gasteiger partial charge in [0.15, 0.2) is 0 Å². The largest absolute Gasteiger partial charge is 0.363 e. The summed E-state index contributed by atoms with van der Waals surface area (Å²) in [4.78, 5) is 2.02. The average Bonchev–Trinajstić information content (AvgIpc) is 2.42. The van der Waals surface area contributed by atoms with E-state index in [0.29, 0.717) is 18.2 Å². The maximum Gasteiger partial charge on any atom is 0.147 e. The molecular weight excluding hydrogens is 338 g/mol. The highest BCUT2D eigenvalue weighted by Crippen LogP contribution is 2.32. The van der Waals surface area contributed by atoms with Gasteiger partial charge in [0, 0.05) is 30.7 Å². The summed E-state index contributed by atoms with van der Waals surface area (Å²) in [5, 5.41) is 3.55. The molecule has 1 aromatic carbocycles. The first kappa shape index (κ1) is 16.7. The molecule has 2 nitrogen and oxygen atoms in total. The average molecular weight is 361 g/mol. The first-order chi connectivity index (χ1) is 9.77. The Hall–Kier alpha value is -0.680. The molecule has 118 valence electrons. The normalized spacial score (nSPS) is 26.5. The minimum Gasteiger partial charge on any atom is -0.363 e. The van der Waals surface area contributed by atoms with Crippen molar-refractivity contribution in [1.82, 2.24) is 5.32 Å². The Kier molecular flexibility index (Phi) is 4.93. The standard InChI is InChI=1S/C16H23BrF2N2/c1-5-16(4)9-21(15(8-20-16)10(2)3)14-7-12(18)11(17)6-13(14)19/h6-7,10,15,20H,5,8-9H2,1-4H3. The van der Waals surface area contributed by atoms with Gasteiger partial charge in [0.2, 0.25) is 0 Å². The van der Waals surface area contributed by atoms with Gasteiger partial charge in [-0.1, -0.05) is 20.8 Å². The van der Waals surface area contributed by atoms with Crippen molar-refractivity contribution < 1.29 is 8.78 Å². The first-order valence-electron chi connectivity index (χ1n) is 7.43. The van der Waals surface area contributed by atoms with Crippen LogP contribution < -0.4 is 10.2 Å². The summed E-state index contributed by atoms with van der Waals surface area (Å²) in [5.41, 5.74) is 0.275. The van der Waals surface area contributed by atoms with Crippen LogP contribution in [0, 0.1) is 17.6 Å². The monoisotopic (exact) mass is 360 g/mol. The van der Waals surface area contributed by atoms with Crippen molar-refractivity contribution in [3.63, 3.8) is 0 Å². The second-order valence-electron chi connectivity index (χ2n) is 6.45. The van der Waals surface area contributed by atoms with Crippen LogP contribution >= 0.6 is 15.9 Å². The molecule has 21 heavy (non-hydrogen) atoms. The highest BCUT2D eigenvalue weighted by molar-refractivity contribution is 9.10. The molecule has 1 heterocycles. The lowest BCUT2D eigenvalue weighted by Gasteiger charge is -2.48. The van der Waals surface area contributed by atoms with Crippen LogP contribution in [-0.4, -0.2) is 24.7 Å². The number of nitrogens with zero attached hydrogens (tertiary/aromatic N) is 1. The topological polar surface area (TPSA) is 15.3 Å². The maximum absolute atomic E-state index is 14.3. The van der Waals surface area contributed by atoms with Gasteiger partial charge >= 0.3 is 0 Å². The Labute approximate surface area is 134 Å². The van der Waals surface area contributed by atoms with Crippen molar-refractivity contribution in [3.05, 3.63) is 28.2 Å². The molecule has 1 saturated heterocycles. The summed E-state index contributed by atoms with van der Waals surface area (Å²) >= 11 is 3.04. The van der Waals surface area contributed by atoms with E-state index in [1.54, 1.807) is 0 Å². The summed E-state index contributed by atoms with van der Waals surface area (Å²) in [6.07, 6.45) is 0.939. The van der Waals surface area contributed by atoms with E-state index in [4.69, 9.17) is 0 Å². The summed E-state index contributed by atoms with van der Waals surface area (Å²) in [6, 6.07) is 2.67. The van der Waals surface area contributed by atoms with Crippen LogP contribution in [0.4, 0.5) is 14.5 Å². The fraction of sp³-hybridized carbons (Fsp3) is 0.625. The van der Waals surface area contributed by atoms with E-state index in [2.05, 4.69) is 48.9 Å². The molecule has 5 heteroatoms. The van der Waals surface area contributed by atoms with Gasteiger partial charge in [0.05, 0.1) is 10.2 Å². The number of hydrogen-bond acceptors (Lipinski definition) is 2. The van der Waals surface area contributed by atoms with E-state index < -0.39 is 5.82 Å². The molecule has 2 atom stereocenters. The second kappa shape index (κ2) is 6.21. The molecule has 1 aliphatic heterocycles. The Morgan fingerprint density at radius 2 is 2.05 bits per heavy atom. The zero-order valence-corrected chi connectivity index (χ0v) is 14.6. The number of benzene rings is 1. The van der Waals surface area contributed by atoms with E-state index in [0.717, 1.165) is 13.0 Å². The highest BCUT2D eigenvalue weighted by Gasteiger charge is 2.37. The minimum atomic E-state index is -0.425. The van der Waals surface area contributed by atoms with Gasteiger partial charge in [-0.25, -0.2) is 8.78 Å². The third-order valence-electron chi connectivity index (χ3n) is 4.51. The van der Waals surface area contributed by atoms with Crippen molar-refractivity contribution in [2.24, 2.45) is 5.92 Å². The molecule has 0 aromatic heterocycles. The van der Waals surface area contributed by atoms with Crippen LogP contribution in [0.2, 0.25) is 0 Å². The fourth-order valence-electron chi connectivity index (χ4n) is 2.84. The zero-order valence-electron chi connectivity index (χ0n) is 13.0. The third-order valence-corrected chi connectivity index (χ3v) is 5.11. The summed E-state index contributed by atoms with van der Waals surface area (Å²) in [5.74, 6) is -0.454. The number of hydrogen-bond donors (Lipinski definition) is 1. The van der Waals surface area contributed by atoms with Gasteiger partial charge in [0.25, 0.3) is 0 Å².